The molecule has 216 valence electrons. The summed E-state index contributed by atoms with van der Waals surface area (Å²) in [6, 6.07) is 29.9. The zero-order chi connectivity index (χ0) is 30.1. The van der Waals surface area contributed by atoms with Crippen LogP contribution in [0.15, 0.2) is 120 Å². The molecule has 0 aromatic heterocycles. The lowest BCUT2D eigenvalue weighted by Gasteiger charge is -2.33. The summed E-state index contributed by atoms with van der Waals surface area (Å²) in [7, 11) is -2.80. The van der Waals surface area contributed by atoms with Crippen molar-refractivity contribution < 1.29 is 22.9 Å². The van der Waals surface area contributed by atoms with Crippen molar-refractivity contribution in [1.82, 2.24) is 10.2 Å². The molecule has 0 spiro atoms. The molecule has 4 rings (SSSR count). The number of anilines is 1. The van der Waals surface area contributed by atoms with Crippen LogP contribution in [0.25, 0.3) is 0 Å². The van der Waals surface area contributed by atoms with E-state index in [4.69, 9.17) is 0 Å². The lowest BCUT2D eigenvalue weighted by molar-refractivity contribution is -0.384. The molecule has 4 aromatic carbocycles. The van der Waals surface area contributed by atoms with Crippen LogP contribution in [0.1, 0.15) is 11.1 Å². The van der Waals surface area contributed by atoms with Crippen LogP contribution in [0.3, 0.4) is 0 Å². The number of hydrogen-bond acceptors (Lipinski definition) is 6. The fourth-order valence-electron chi connectivity index (χ4n) is 4.49. The number of sulfonamides is 1. The summed E-state index contributed by atoms with van der Waals surface area (Å²) in [5.74, 6) is -1.03. The fraction of sp³-hybridized carbons (Fsp3) is 0.161. The first-order valence-electron chi connectivity index (χ1n) is 13.1. The lowest BCUT2D eigenvalue weighted by atomic mass is 10.0. The minimum atomic E-state index is -4.28. The summed E-state index contributed by atoms with van der Waals surface area (Å²) in [5, 5.41) is 13.9. The molecule has 0 aliphatic carbocycles. The largest absolute Gasteiger partial charge is 0.357 e. The van der Waals surface area contributed by atoms with Crippen molar-refractivity contribution in [3.05, 3.63) is 137 Å². The predicted octanol–water partition coefficient (Wildman–Crippen LogP) is 4.18. The lowest BCUT2D eigenvalue weighted by Crippen LogP contribution is -2.53. The maximum absolute atomic E-state index is 14.2. The molecule has 0 heterocycles. The molecule has 0 saturated heterocycles. The number of non-ortho nitro benzene ring substituents is 1. The summed E-state index contributed by atoms with van der Waals surface area (Å²) in [5.41, 5.74) is 1.41. The van der Waals surface area contributed by atoms with Gasteiger partial charge in [-0.15, -0.1) is 0 Å². The molecule has 0 fully saturated rings. The first-order chi connectivity index (χ1) is 20.2. The third-order valence-electron chi connectivity index (χ3n) is 6.67. The van der Waals surface area contributed by atoms with E-state index in [2.05, 4.69) is 5.32 Å². The van der Waals surface area contributed by atoms with E-state index in [9.17, 15) is 28.1 Å². The number of nitro benzene ring substituents is 1. The molecule has 0 aliphatic rings. The number of benzene rings is 4. The Morgan fingerprint density at radius 1 is 0.810 bits per heavy atom. The van der Waals surface area contributed by atoms with E-state index in [0.29, 0.717) is 0 Å². The van der Waals surface area contributed by atoms with Crippen LogP contribution in [0.5, 0.6) is 0 Å². The maximum atomic E-state index is 14.2. The molecule has 4 aromatic rings. The highest BCUT2D eigenvalue weighted by Crippen LogP contribution is 2.27. The number of rotatable bonds is 12. The standard InChI is InChI=1S/C31H30N4O6S/c1-32-31(37)29(21-24-11-5-2-6-12-24)33(22-25-13-7-3-8-14-25)30(36)23-34(26-17-19-27(20-18-26)35(38)39)42(40,41)28-15-9-4-10-16-28/h2-20,29H,21-23H2,1H3,(H,32,37). The molecule has 0 radical (unpaired) electrons. The normalized spacial score (nSPS) is 11.7. The highest BCUT2D eigenvalue weighted by atomic mass is 32.2. The van der Waals surface area contributed by atoms with Crippen LogP contribution in [0.4, 0.5) is 11.4 Å². The van der Waals surface area contributed by atoms with E-state index in [1.54, 1.807) is 18.2 Å². The van der Waals surface area contributed by atoms with Crippen molar-refractivity contribution >= 4 is 33.2 Å². The number of likely N-dealkylation sites (N-methyl/N-ethyl adjacent to an activating group) is 1. The fourth-order valence-corrected chi connectivity index (χ4v) is 5.92. The molecule has 11 heteroatoms. The number of hydrogen-bond donors (Lipinski definition) is 1. The zero-order valence-corrected chi connectivity index (χ0v) is 23.7. The molecule has 0 aliphatic heterocycles. The van der Waals surface area contributed by atoms with Crippen LogP contribution in [0.2, 0.25) is 0 Å². The van der Waals surface area contributed by atoms with Crippen LogP contribution in [-0.2, 0) is 32.6 Å². The topological polar surface area (TPSA) is 130 Å². The van der Waals surface area contributed by atoms with Gasteiger partial charge in [0.15, 0.2) is 0 Å². The molecule has 10 nitrogen and oxygen atoms in total. The second-order valence-corrected chi connectivity index (χ2v) is 11.3. The van der Waals surface area contributed by atoms with E-state index >= 15 is 0 Å². The summed E-state index contributed by atoms with van der Waals surface area (Å²) in [6.45, 7) is -0.603. The van der Waals surface area contributed by atoms with Gasteiger partial charge in [-0.2, -0.15) is 0 Å². The molecule has 2 amide bonds. The Kier molecular flexibility index (Phi) is 9.66. The highest BCUT2D eigenvalue weighted by Gasteiger charge is 2.34. The summed E-state index contributed by atoms with van der Waals surface area (Å²) < 4.78 is 28.6. The number of carbonyl (C=O) groups excluding carboxylic acids is 2. The summed E-state index contributed by atoms with van der Waals surface area (Å²) in [6.07, 6.45) is 0.196. The van der Waals surface area contributed by atoms with Crippen molar-refractivity contribution in [3.63, 3.8) is 0 Å². The average Bonchev–Trinajstić information content (AvgIpc) is 3.02. The van der Waals surface area contributed by atoms with E-state index < -0.39 is 39.3 Å². The van der Waals surface area contributed by atoms with Gasteiger partial charge in [0.2, 0.25) is 11.8 Å². The first-order valence-corrected chi connectivity index (χ1v) is 14.6. The number of carbonyl (C=O) groups is 2. The molecule has 0 bridgehead atoms. The molecular formula is C31H30N4O6S. The smallest absolute Gasteiger partial charge is 0.269 e. The quantitative estimate of drug-likeness (QED) is 0.196. The SMILES string of the molecule is CNC(=O)C(Cc1ccccc1)N(Cc1ccccc1)C(=O)CN(c1ccc([N+](=O)[O-])cc1)S(=O)(=O)c1ccccc1. The molecule has 42 heavy (non-hydrogen) atoms. The second kappa shape index (κ2) is 13.6. The third kappa shape index (κ3) is 7.18. The third-order valence-corrected chi connectivity index (χ3v) is 8.46. The molecule has 1 unspecified atom stereocenters. The van der Waals surface area contributed by atoms with Gasteiger partial charge in [-0.25, -0.2) is 8.42 Å². The van der Waals surface area contributed by atoms with Crippen molar-refractivity contribution in [2.45, 2.75) is 23.9 Å². The Labute approximate surface area is 244 Å². The van der Waals surface area contributed by atoms with Gasteiger partial charge in [0.25, 0.3) is 15.7 Å². The Balaban J connectivity index is 1.77. The summed E-state index contributed by atoms with van der Waals surface area (Å²) in [4.78, 5) is 39.4. The van der Waals surface area contributed by atoms with E-state index in [1.165, 1.54) is 48.3 Å². The number of nitrogens with zero attached hydrogens (tertiary/aromatic N) is 3. The van der Waals surface area contributed by atoms with Gasteiger partial charge in [-0.05, 0) is 35.4 Å². The van der Waals surface area contributed by atoms with Crippen LogP contribution in [0, 0.1) is 10.1 Å². The zero-order valence-electron chi connectivity index (χ0n) is 22.9. The van der Waals surface area contributed by atoms with Gasteiger partial charge in [-0.3, -0.25) is 24.0 Å². The van der Waals surface area contributed by atoms with Crippen molar-refractivity contribution in [1.29, 1.82) is 0 Å². The minimum absolute atomic E-state index is 0.0457. The minimum Gasteiger partial charge on any atom is -0.357 e. The van der Waals surface area contributed by atoms with E-state index in [0.717, 1.165) is 15.4 Å². The van der Waals surface area contributed by atoms with Gasteiger partial charge < -0.3 is 10.2 Å². The first kappa shape index (κ1) is 29.9. The number of nitro groups is 1. The number of nitrogens with one attached hydrogen (secondary N) is 1. The van der Waals surface area contributed by atoms with Gasteiger partial charge in [0, 0.05) is 32.1 Å². The van der Waals surface area contributed by atoms with Crippen LogP contribution >= 0.6 is 0 Å². The highest BCUT2D eigenvalue weighted by molar-refractivity contribution is 7.92. The maximum Gasteiger partial charge on any atom is 0.269 e. The summed E-state index contributed by atoms with van der Waals surface area (Å²) >= 11 is 0. The van der Waals surface area contributed by atoms with E-state index in [-0.39, 0.29) is 29.2 Å². The van der Waals surface area contributed by atoms with Crippen molar-refractivity contribution in [2.75, 3.05) is 17.9 Å². The van der Waals surface area contributed by atoms with Crippen molar-refractivity contribution in [2.24, 2.45) is 0 Å². The Morgan fingerprint density at radius 2 is 1.33 bits per heavy atom. The van der Waals surface area contributed by atoms with Crippen molar-refractivity contribution in [3.8, 4) is 0 Å². The molecular weight excluding hydrogens is 556 g/mol. The Hall–Kier alpha value is -5.03. The Morgan fingerprint density at radius 3 is 1.86 bits per heavy atom. The monoisotopic (exact) mass is 586 g/mol. The second-order valence-electron chi connectivity index (χ2n) is 9.43. The van der Waals surface area contributed by atoms with Gasteiger partial charge in [0.05, 0.1) is 15.5 Å². The molecule has 1 atom stereocenters. The molecule has 1 N–H and O–H groups in total. The average molecular weight is 587 g/mol. The van der Waals surface area contributed by atoms with E-state index in [1.807, 2.05) is 60.7 Å². The number of amides is 2. The van der Waals surface area contributed by atoms with Gasteiger partial charge in [0.1, 0.15) is 12.6 Å². The van der Waals surface area contributed by atoms with Gasteiger partial charge >= 0.3 is 0 Å². The van der Waals surface area contributed by atoms with Gasteiger partial charge in [-0.1, -0.05) is 78.9 Å². The van der Waals surface area contributed by atoms with Crippen LogP contribution in [-0.4, -0.2) is 49.7 Å². The van der Waals surface area contributed by atoms with Crippen LogP contribution < -0.4 is 9.62 Å². The Bertz CT molecular complexity index is 1620. The molecule has 0 saturated carbocycles. The predicted molar refractivity (Wildman–Crippen MR) is 159 cm³/mol.